The van der Waals surface area contributed by atoms with Crippen molar-refractivity contribution in [1.29, 1.82) is 0 Å². The Labute approximate surface area is 192 Å². The first-order valence-electron chi connectivity index (χ1n) is 10.6. The SMILES string of the molecule is CCCCNC(=O)C1c2cncn2-c2cc(Cl)ccc2C(=O)N1Cc1ccc(OC)cc1. The van der Waals surface area contributed by atoms with Crippen LogP contribution in [0.5, 0.6) is 5.75 Å². The highest BCUT2D eigenvalue weighted by atomic mass is 35.5. The Kier molecular flexibility index (Phi) is 6.46. The van der Waals surface area contributed by atoms with Crippen LogP contribution in [0.3, 0.4) is 0 Å². The third-order valence-corrected chi connectivity index (χ3v) is 5.79. The molecule has 4 rings (SSSR count). The van der Waals surface area contributed by atoms with E-state index in [-0.39, 0.29) is 18.4 Å². The van der Waals surface area contributed by atoms with Crippen LogP contribution in [0.1, 0.15) is 47.4 Å². The number of hydrogen-bond acceptors (Lipinski definition) is 4. The average molecular weight is 453 g/mol. The second kappa shape index (κ2) is 9.44. The number of imidazole rings is 1. The highest BCUT2D eigenvalue weighted by Gasteiger charge is 2.38. The summed E-state index contributed by atoms with van der Waals surface area (Å²) in [5.74, 6) is 0.246. The quantitative estimate of drug-likeness (QED) is 0.546. The molecular weight excluding hydrogens is 428 g/mol. The molecule has 1 atom stereocenters. The Morgan fingerprint density at radius 2 is 2.00 bits per heavy atom. The van der Waals surface area contributed by atoms with E-state index in [9.17, 15) is 9.59 Å². The van der Waals surface area contributed by atoms with Crippen LogP contribution in [0.25, 0.3) is 5.69 Å². The van der Waals surface area contributed by atoms with Crippen molar-refractivity contribution in [3.8, 4) is 11.4 Å². The molecule has 0 saturated carbocycles. The van der Waals surface area contributed by atoms with Gasteiger partial charge in [-0.15, -0.1) is 0 Å². The molecule has 8 heteroatoms. The lowest BCUT2D eigenvalue weighted by Crippen LogP contribution is -2.43. The van der Waals surface area contributed by atoms with Crippen molar-refractivity contribution < 1.29 is 14.3 Å². The summed E-state index contributed by atoms with van der Waals surface area (Å²) in [5, 5.41) is 3.49. The molecule has 2 heterocycles. The normalized spacial score (nSPS) is 15.0. The molecule has 0 saturated heterocycles. The van der Waals surface area contributed by atoms with Gasteiger partial charge in [0.1, 0.15) is 5.75 Å². The second-order valence-electron chi connectivity index (χ2n) is 7.68. The van der Waals surface area contributed by atoms with Crippen LogP contribution >= 0.6 is 11.6 Å². The summed E-state index contributed by atoms with van der Waals surface area (Å²) in [4.78, 5) is 33.0. The van der Waals surface area contributed by atoms with Crippen LogP contribution in [0.2, 0.25) is 5.02 Å². The minimum absolute atomic E-state index is 0.235. The number of rotatable bonds is 7. The van der Waals surface area contributed by atoms with E-state index in [1.807, 2.05) is 24.3 Å². The summed E-state index contributed by atoms with van der Waals surface area (Å²) >= 11 is 6.24. The lowest BCUT2D eigenvalue weighted by atomic mass is 10.1. The van der Waals surface area contributed by atoms with E-state index in [4.69, 9.17) is 16.3 Å². The molecule has 2 amide bonds. The van der Waals surface area contributed by atoms with Crippen molar-refractivity contribution in [3.63, 3.8) is 0 Å². The molecule has 1 aliphatic rings. The minimum atomic E-state index is -0.838. The van der Waals surface area contributed by atoms with Gasteiger partial charge in [-0.1, -0.05) is 37.1 Å². The summed E-state index contributed by atoms with van der Waals surface area (Å²) in [6.45, 7) is 2.86. The third-order valence-electron chi connectivity index (χ3n) is 5.56. The minimum Gasteiger partial charge on any atom is -0.497 e. The predicted molar refractivity (Wildman–Crippen MR) is 122 cm³/mol. The van der Waals surface area contributed by atoms with Gasteiger partial charge in [0.2, 0.25) is 5.91 Å². The average Bonchev–Trinajstić information content (AvgIpc) is 3.25. The largest absolute Gasteiger partial charge is 0.497 e. The first-order chi connectivity index (χ1) is 15.5. The molecule has 2 aromatic carbocycles. The van der Waals surface area contributed by atoms with E-state index in [0.29, 0.717) is 28.5 Å². The van der Waals surface area contributed by atoms with Crippen LogP contribution in [0.4, 0.5) is 0 Å². The Hall–Kier alpha value is -3.32. The molecule has 0 aliphatic carbocycles. The van der Waals surface area contributed by atoms with E-state index in [0.717, 1.165) is 24.2 Å². The zero-order valence-electron chi connectivity index (χ0n) is 18.0. The number of carbonyl (C=O) groups excluding carboxylic acids is 2. The van der Waals surface area contributed by atoms with E-state index in [1.54, 1.807) is 47.3 Å². The number of benzene rings is 2. The number of methoxy groups -OCH3 is 1. The van der Waals surface area contributed by atoms with Crippen molar-refractivity contribution in [2.75, 3.05) is 13.7 Å². The Morgan fingerprint density at radius 3 is 2.72 bits per heavy atom. The fourth-order valence-corrected chi connectivity index (χ4v) is 4.04. The van der Waals surface area contributed by atoms with Gasteiger partial charge in [-0.05, 0) is 42.3 Å². The molecule has 1 aliphatic heterocycles. The van der Waals surface area contributed by atoms with Gasteiger partial charge in [0, 0.05) is 18.1 Å². The number of ether oxygens (including phenoxy) is 1. The van der Waals surface area contributed by atoms with E-state index < -0.39 is 6.04 Å². The predicted octanol–water partition coefficient (Wildman–Crippen LogP) is 4.15. The van der Waals surface area contributed by atoms with E-state index in [2.05, 4.69) is 17.2 Å². The van der Waals surface area contributed by atoms with Gasteiger partial charge in [0.25, 0.3) is 5.91 Å². The summed E-state index contributed by atoms with van der Waals surface area (Å²) in [6, 6.07) is 11.7. The zero-order chi connectivity index (χ0) is 22.7. The maximum absolute atomic E-state index is 13.7. The molecular formula is C24H25ClN4O3. The summed E-state index contributed by atoms with van der Waals surface area (Å²) in [5.41, 5.74) is 2.57. The maximum atomic E-state index is 13.7. The van der Waals surface area contributed by atoms with Gasteiger partial charge in [-0.25, -0.2) is 4.98 Å². The molecule has 32 heavy (non-hydrogen) atoms. The first kappa shape index (κ1) is 21.9. The zero-order valence-corrected chi connectivity index (χ0v) is 18.8. The Morgan fingerprint density at radius 1 is 1.22 bits per heavy atom. The van der Waals surface area contributed by atoms with Gasteiger partial charge < -0.3 is 15.0 Å². The molecule has 0 radical (unpaired) electrons. The smallest absolute Gasteiger partial charge is 0.257 e. The van der Waals surface area contributed by atoms with E-state index in [1.165, 1.54) is 0 Å². The Bertz CT molecular complexity index is 1130. The van der Waals surface area contributed by atoms with Crippen molar-refractivity contribution in [2.45, 2.75) is 32.4 Å². The van der Waals surface area contributed by atoms with Crippen molar-refractivity contribution in [1.82, 2.24) is 19.8 Å². The monoisotopic (exact) mass is 452 g/mol. The summed E-state index contributed by atoms with van der Waals surface area (Å²) < 4.78 is 7.01. The lowest BCUT2D eigenvalue weighted by molar-refractivity contribution is -0.126. The first-order valence-corrected chi connectivity index (χ1v) is 10.9. The van der Waals surface area contributed by atoms with Crippen molar-refractivity contribution in [2.24, 2.45) is 0 Å². The van der Waals surface area contributed by atoms with Crippen LogP contribution < -0.4 is 10.1 Å². The molecule has 1 N–H and O–H groups in total. The maximum Gasteiger partial charge on any atom is 0.257 e. The molecule has 3 aromatic rings. The summed E-state index contributed by atoms with van der Waals surface area (Å²) in [6.07, 6.45) is 5.07. The van der Waals surface area contributed by atoms with Crippen molar-refractivity contribution in [3.05, 3.63) is 76.8 Å². The number of amides is 2. The Balaban J connectivity index is 1.80. The van der Waals surface area contributed by atoms with Crippen LogP contribution in [0, 0.1) is 0 Å². The highest BCUT2D eigenvalue weighted by Crippen LogP contribution is 2.34. The number of carbonyl (C=O) groups is 2. The lowest BCUT2D eigenvalue weighted by Gasteiger charge is -2.29. The summed E-state index contributed by atoms with van der Waals surface area (Å²) in [7, 11) is 1.60. The number of nitrogens with zero attached hydrogens (tertiary/aromatic N) is 3. The molecule has 0 spiro atoms. The fourth-order valence-electron chi connectivity index (χ4n) is 3.88. The molecule has 0 fully saturated rings. The number of aromatic nitrogens is 2. The van der Waals surface area contributed by atoms with Gasteiger partial charge in [0.05, 0.1) is 36.6 Å². The number of fused-ring (bicyclic) bond motifs is 3. The van der Waals surface area contributed by atoms with Crippen LogP contribution in [-0.2, 0) is 11.3 Å². The van der Waals surface area contributed by atoms with Gasteiger partial charge in [-0.2, -0.15) is 0 Å². The van der Waals surface area contributed by atoms with Gasteiger partial charge >= 0.3 is 0 Å². The van der Waals surface area contributed by atoms with E-state index >= 15 is 0 Å². The van der Waals surface area contributed by atoms with Crippen LogP contribution in [-0.4, -0.2) is 39.9 Å². The molecule has 1 unspecified atom stereocenters. The third kappa shape index (κ3) is 4.21. The van der Waals surface area contributed by atoms with Gasteiger partial charge in [0.15, 0.2) is 6.04 Å². The van der Waals surface area contributed by atoms with Gasteiger partial charge in [-0.3, -0.25) is 14.2 Å². The molecule has 0 bridgehead atoms. The van der Waals surface area contributed by atoms with Crippen molar-refractivity contribution >= 4 is 23.4 Å². The number of halogens is 1. The molecule has 166 valence electrons. The molecule has 7 nitrogen and oxygen atoms in total. The number of unbranched alkanes of at least 4 members (excludes halogenated alkanes) is 1. The second-order valence-corrected chi connectivity index (χ2v) is 8.11. The highest BCUT2D eigenvalue weighted by molar-refractivity contribution is 6.31. The fraction of sp³-hybridized carbons (Fsp3) is 0.292. The standard InChI is InChI=1S/C24H25ClN4O3/c1-3-4-11-27-23(30)22-21-13-26-15-29(21)20-12-17(25)7-10-19(20)24(31)28(22)14-16-5-8-18(32-2)9-6-16/h5-10,12-13,15,22H,3-4,11,14H2,1-2H3,(H,27,30). The molecule has 1 aromatic heterocycles. The van der Waals surface area contributed by atoms with Crippen LogP contribution in [0.15, 0.2) is 55.0 Å². The number of hydrogen-bond donors (Lipinski definition) is 1. The topological polar surface area (TPSA) is 76.5 Å². The number of nitrogens with one attached hydrogen (secondary N) is 1.